The molecule has 0 amide bonds. The van der Waals surface area contributed by atoms with Crippen molar-refractivity contribution in [1.82, 2.24) is 10.2 Å². The third-order valence-corrected chi connectivity index (χ3v) is 5.56. The molecule has 1 heterocycles. The molecule has 1 aromatic heterocycles. The number of hydrogen-bond donors (Lipinski definition) is 2. The number of H-pyrrole nitrogens is 1. The van der Waals surface area contributed by atoms with E-state index in [0.29, 0.717) is 11.1 Å². The highest BCUT2D eigenvalue weighted by molar-refractivity contribution is 7.98. The molecule has 0 spiro atoms. The van der Waals surface area contributed by atoms with Gasteiger partial charge < -0.3 is 0 Å². The molecule has 3 rings (SSSR count). The number of benzene rings is 2. The molecule has 2 aromatic carbocycles. The lowest BCUT2D eigenvalue weighted by molar-refractivity contribution is -0.140. The van der Waals surface area contributed by atoms with Crippen molar-refractivity contribution in [3.05, 3.63) is 54.2 Å². The lowest BCUT2D eigenvalue weighted by Gasteiger charge is -2.10. The Labute approximate surface area is 157 Å². The molecule has 0 saturated heterocycles. The molecule has 27 heavy (non-hydrogen) atoms. The fourth-order valence-corrected chi connectivity index (χ4v) is 3.52. The summed E-state index contributed by atoms with van der Waals surface area (Å²) in [6.45, 7) is 0. The molecule has 0 unspecified atom stereocenters. The van der Waals surface area contributed by atoms with Crippen molar-refractivity contribution in [2.24, 2.45) is 5.14 Å². The molecule has 0 fully saturated rings. The van der Waals surface area contributed by atoms with E-state index in [4.69, 9.17) is 5.14 Å². The van der Waals surface area contributed by atoms with Crippen LogP contribution in [-0.4, -0.2) is 24.9 Å². The maximum atomic E-state index is 13.5. The number of thioether (sulfide) groups is 1. The summed E-state index contributed by atoms with van der Waals surface area (Å²) >= 11 is 1.47. The number of halogens is 3. The summed E-state index contributed by atoms with van der Waals surface area (Å²) in [6.07, 6.45) is -2.76. The maximum Gasteiger partial charge on any atom is 0.433 e. The van der Waals surface area contributed by atoms with Crippen LogP contribution in [0.1, 0.15) is 5.69 Å². The minimum absolute atomic E-state index is 0.0696. The van der Waals surface area contributed by atoms with E-state index in [1.54, 1.807) is 24.3 Å². The van der Waals surface area contributed by atoms with E-state index in [0.717, 1.165) is 4.90 Å². The van der Waals surface area contributed by atoms with Crippen molar-refractivity contribution >= 4 is 21.8 Å². The minimum Gasteiger partial charge on any atom is -0.272 e. The Hall–Kier alpha value is -2.30. The molecule has 142 valence electrons. The van der Waals surface area contributed by atoms with E-state index in [-0.39, 0.29) is 16.2 Å². The number of aromatic nitrogens is 2. The van der Waals surface area contributed by atoms with E-state index in [1.807, 2.05) is 6.26 Å². The zero-order valence-corrected chi connectivity index (χ0v) is 15.5. The zero-order valence-electron chi connectivity index (χ0n) is 13.9. The molecule has 0 aliphatic carbocycles. The zero-order chi connectivity index (χ0) is 19.8. The van der Waals surface area contributed by atoms with Crippen molar-refractivity contribution < 1.29 is 21.6 Å². The van der Waals surface area contributed by atoms with Crippen LogP contribution in [0.4, 0.5) is 13.2 Å². The average molecular weight is 413 g/mol. The van der Waals surface area contributed by atoms with Gasteiger partial charge in [0.1, 0.15) is 11.4 Å². The van der Waals surface area contributed by atoms with Gasteiger partial charge in [-0.1, -0.05) is 24.3 Å². The molecule has 0 aliphatic heterocycles. The Kier molecular flexibility index (Phi) is 5.06. The number of nitrogens with one attached hydrogen (secondary N) is 1. The third kappa shape index (κ3) is 4.02. The minimum atomic E-state index is -4.63. The molecule has 3 N–H and O–H groups in total. The first-order chi connectivity index (χ1) is 12.6. The summed E-state index contributed by atoms with van der Waals surface area (Å²) in [6, 6.07) is 11.8. The number of nitrogens with zero attached hydrogens (tertiary/aromatic N) is 1. The SMILES string of the molecule is CSc1ccc(-c2c(-c3ccc(S(N)(=O)=O)cc3)n[nH]c2C(F)(F)F)cc1. The Morgan fingerprint density at radius 3 is 2.04 bits per heavy atom. The van der Waals surface area contributed by atoms with Crippen LogP contribution >= 0.6 is 11.8 Å². The quantitative estimate of drug-likeness (QED) is 0.630. The maximum absolute atomic E-state index is 13.5. The van der Waals surface area contributed by atoms with Gasteiger partial charge in [-0.25, -0.2) is 13.6 Å². The van der Waals surface area contributed by atoms with Crippen molar-refractivity contribution in [3.8, 4) is 22.4 Å². The van der Waals surface area contributed by atoms with Crippen LogP contribution in [0.2, 0.25) is 0 Å². The Bertz CT molecular complexity index is 1060. The summed E-state index contributed by atoms with van der Waals surface area (Å²) in [5.74, 6) is 0. The molecule has 0 aliphatic rings. The first-order valence-electron chi connectivity index (χ1n) is 7.54. The number of aromatic amines is 1. The summed E-state index contributed by atoms with van der Waals surface area (Å²) in [4.78, 5) is 0.776. The van der Waals surface area contributed by atoms with Crippen molar-refractivity contribution in [3.63, 3.8) is 0 Å². The largest absolute Gasteiger partial charge is 0.433 e. The van der Waals surface area contributed by atoms with Gasteiger partial charge in [0.2, 0.25) is 10.0 Å². The summed E-state index contributed by atoms with van der Waals surface area (Å²) in [5, 5.41) is 10.9. The Morgan fingerprint density at radius 1 is 1.00 bits per heavy atom. The molecule has 10 heteroatoms. The van der Waals surface area contributed by atoms with E-state index >= 15 is 0 Å². The molecular formula is C17H14F3N3O2S2. The summed E-state index contributed by atoms with van der Waals surface area (Å²) in [7, 11) is -3.90. The monoisotopic (exact) mass is 413 g/mol. The van der Waals surface area contributed by atoms with Gasteiger partial charge in [0.05, 0.1) is 4.90 Å². The molecular weight excluding hydrogens is 399 g/mol. The highest BCUT2D eigenvalue weighted by Gasteiger charge is 2.38. The van der Waals surface area contributed by atoms with Crippen molar-refractivity contribution in [1.29, 1.82) is 0 Å². The lowest BCUT2D eigenvalue weighted by Crippen LogP contribution is -2.11. The predicted octanol–water partition coefficient (Wildman–Crippen LogP) is 4.13. The van der Waals surface area contributed by atoms with Gasteiger partial charge in [0.25, 0.3) is 0 Å². The standard InChI is InChI=1S/C17H14F3N3O2S2/c1-26-12-6-2-10(3-7-12)14-15(22-23-16(14)17(18,19)20)11-4-8-13(9-5-11)27(21,24)25/h2-9H,1H3,(H,22,23)(H2,21,24,25). The van der Waals surface area contributed by atoms with E-state index in [1.165, 1.54) is 36.0 Å². The van der Waals surface area contributed by atoms with Crippen LogP contribution in [0.25, 0.3) is 22.4 Å². The van der Waals surface area contributed by atoms with Crippen LogP contribution in [-0.2, 0) is 16.2 Å². The lowest BCUT2D eigenvalue weighted by atomic mass is 9.99. The topological polar surface area (TPSA) is 88.8 Å². The second-order valence-electron chi connectivity index (χ2n) is 5.62. The molecule has 0 radical (unpaired) electrons. The van der Waals surface area contributed by atoms with Gasteiger partial charge in [-0.15, -0.1) is 11.8 Å². The molecule has 0 bridgehead atoms. The molecule has 0 saturated carbocycles. The van der Waals surface area contributed by atoms with Crippen LogP contribution in [0.15, 0.2) is 58.3 Å². The number of hydrogen-bond acceptors (Lipinski definition) is 4. The van der Waals surface area contributed by atoms with Crippen LogP contribution < -0.4 is 5.14 Å². The first kappa shape index (κ1) is 19.5. The fraction of sp³-hybridized carbons (Fsp3) is 0.118. The highest BCUT2D eigenvalue weighted by atomic mass is 32.2. The Balaban J connectivity index is 2.17. The third-order valence-electron chi connectivity index (χ3n) is 3.88. The summed E-state index contributed by atoms with van der Waals surface area (Å²) in [5.41, 5.74) is -0.318. The second kappa shape index (κ2) is 7.02. The van der Waals surface area contributed by atoms with Gasteiger partial charge in [-0.3, -0.25) is 5.10 Å². The van der Waals surface area contributed by atoms with Crippen molar-refractivity contribution in [2.45, 2.75) is 16.0 Å². The molecule has 0 atom stereocenters. The Morgan fingerprint density at radius 2 is 1.56 bits per heavy atom. The second-order valence-corrected chi connectivity index (χ2v) is 8.06. The molecule has 5 nitrogen and oxygen atoms in total. The number of sulfonamides is 1. The van der Waals surface area contributed by atoms with Gasteiger partial charge >= 0.3 is 6.18 Å². The average Bonchev–Trinajstić information content (AvgIpc) is 3.06. The van der Waals surface area contributed by atoms with E-state index in [9.17, 15) is 21.6 Å². The van der Waals surface area contributed by atoms with Crippen LogP contribution in [0.3, 0.4) is 0 Å². The number of primary sulfonamides is 1. The van der Waals surface area contributed by atoms with Gasteiger partial charge in [-0.05, 0) is 36.1 Å². The van der Waals surface area contributed by atoms with Crippen molar-refractivity contribution in [2.75, 3.05) is 6.26 Å². The highest BCUT2D eigenvalue weighted by Crippen LogP contribution is 2.41. The predicted molar refractivity (Wildman–Crippen MR) is 97.6 cm³/mol. The summed E-state index contributed by atoms with van der Waals surface area (Å²) < 4.78 is 63.1. The smallest absolute Gasteiger partial charge is 0.272 e. The first-order valence-corrected chi connectivity index (χ1v) is 10.3. The van der Waals surface area contributed by atoms with E-state index in [2.05, 4.69) is 10.2 Å². The fourth-order valence-electron chi connectivity index (χ4n) is 2.60. The van der Waals surface area contributed by atoms with E-state index < -0.39 is 21.9 Å². The number of nitrogens with two attached hydrogens (primary N) is 1. The van der Waals surface area contributed by atoms with Gasteiger partial charge in [0, 0.05) is 16.0 Å². The number of alkyl halides is 3. The number of rotatable bonds is 4. The van der Waals surface area contributed by atoms with Crippen LogP contribution in [0.5, 0.6) is 0 Å². The van der Waals surface area contributed by atoms with Crippen LogP contribution in [0, 0.1) is 0 Å². The van der Waals surface area contributed by atoms with Gasteiger partial charge in [-0.2, -0.15) is 18.3 Å². The molecule has 3 aromatic rings. The normalized spacial score (nSPS) is 12.3. The van der Waals surface area contributed by atoms with Gasteiger partial charge in [0.15, 0.2) is 0 Å².